The van der Waals surface area contributed by atoms with Crippen molar-refractivity contribution in [3.63, 3.8) is 0 Å². The summed E-state index contributed by atoms with van der Waals surface area (Å²) >= 11 is 0. The molecule has 8 nitrogen and oxygen atoms in total. The second kappa shape index (κ2) is 9.63. The van der Waals surface area contributed by atoms with Crippen molar-refractivity contribution < 1.29 is 14.0 Å². The number of carbonyl (C=O) groups is 2. The fraction of sp³-hybridized carbons (Fsp3) is 0.231. The third kappa shape index (κ3) is 5.20. The van der Waals surface area contributed by atoms with Gasteiger partial charge in [0.2, 0.25) is 5.91 Å². The highest BCUT2D eigenvalue weighted by molar-refractivity contribution is 6.10. The number of carbonyl (C=O) groups excluding carboxylic acids is 2. The lowest BCUT2D eigenvalue weighted by Crippen LogP contribution is -2.18. The molecule has 0 aliphatic carbocycles. The van der Waals surface area contributed by atoms with Crippen LogP contribution in [0.25, 0.3) is 10.9 Å². The summed E-state index contributed by atoms with van der Waals surface area (Å²) in [6.07, 6.45) is 0. The van der Waals surface area contributed by atoms with Crippen molar-refractivity contribution in [2.24, 2.45) is 5.73 Å². The fourth-order valence-corrected chi connectivity index (χ4v) is 4.02. The number of nitrogens with zero attached hydrogens (tertiary/aromatic N) is 4. The molecular formula is C26H27FN6O2. The van der Waals surface area contributed by atoms with Crippen molar-refractivity contribution >= 4 is 28.4 Å². The van der Waals surface area contributed by atoms with E-state index in [0.29, 0.717) is 23.3 Å². The Bertz CT molecular complexity index is 1430. The molecule has 35 heavy (non-hydrogen) atoms. The zero-order chi connectivity index (χ0) is 25.3. The first-order chi connectivity index (χ1) is 16.6. The Morgan fingerprint density at radius 2 is 1.74 bits per heavy atom. The molecule has 9 heteroatoms. The molecule has 4 aromatic rings. The highest BCUT2D eigenvalue weighted by atomic mass is 19.1. The van der Waals surface area contributed by atoms with Crippen LogP contribution in [0.4, 0.5) is 10.1 Å². The average Bonchev–Trinajstić information content (AvgIpc) is 3.06. The van der Waals surface area contributed by atoms with Crippen LogP contribution in [-0.4, -0.2) is 45.6 Å². The van der Waals surface area contributed by atoms with E-state index in [-0.39, 0.29) is 16.8 Å². The van der Waals surface area contributed by atoms with E-state index >= 15 is 0 Å². The maximum absolute atomic E-state index is 13.7. The molecule has 0 bridgehead atoms. The molecule has 2 heterocycles. The topological polar surface area (TPSA) is 106 Å². The van der Waals surface area contributed by atoms with Crippen LogP contribution in [0.2, 0.25) is 0 Å². The lowest BCUT2D eigenvalue weighted by Gasteiger charge is -2.11. The van der Waals surface area contributed by atoms with Gasteiger partial charge < -0.3 is 16.0 Å². The van der Waals surface area contributed by atoms with Crippen LogP contribution < -0.4 is 11.1 Å². The summed E-state index contributed by atoms with van der Waals surface area (Å²) in [5.41, 5.74) is 10.00. The number of aryl methyl sites for hydroxylation is 1. The van der Waals surface area contributed by atoms with Crippen molar-refractivity contribution in [1.29, 1.82) is 0 Å². The van der Waals surface area contributed by atoms with Crippen LogP contribution in [-0.2, 0) is 13.1 Å². The predicted octanol–water partition coefficient (Wildman–Crippen LogP) is 3.65. The number of pyridine rings is 1. The van der Waals surface area contributed by atoms with Gasteiger partial charge in [-0.3, -0.25) is 14.3 Å². The number of nitrogens with one attached hydrogen (secondary N) is 1. The van der Waals surface area contributed by atoms with Gasteiger partial charge in [0.1, 0.15) is 11.5 Å². The first kappa shape index (κ1) is 24.0. The van der Waals surface area contributed by atoms with Gasteiger partial charge in [-0.05, 0) is 57.3 Å². The first-order valence-electron chi connectivity index (χ1n) is 11.1. The summed E-state index contributed by atoms with van der Waals surface area (Å²) in [6.45, 7) is 5.08. The van der Waals surface area contributed by atoms with Gasteiger partial charge in [0.05, 0.1) is 34.7 Å². The molecule has 2 amide bonds. The smallest absolute Gasteiger partial charge is 0.274 e. The number of anilines is 1. The summed E-state index contributed by atoms with van der Waals surface area (Å²) in [7, 11) is 4.06. The molecule has 0 saturated carbocycles. The maximum atomic E-state index is 13.7. The molecule has 180 valence electrons. The summed E-state index contributed by atoms with van der Waals surface area (Å²) in [6, 6.07) is 13.4. The van der Waals surface area contributed by atoms with E-state index in [1.807, 2.05) is 25.7 Å². The van der Waals surface area contributed by atoms with Gasteiger partial charge in [0.15, 0.2) is 0 Å². The van der Waals surface area contributed by atoms with Gasteiger partial charge in [-0.2, -0.15) is 5.10 Å². The molecule has 0 aliphatic heterocycles. The minimum Gasteiger partial charge on any atom is -0.366 e. The molecule has 3 N–H and O–H groups in total. The number of amides is 2. The lowest BCUT2D eigenvalue weighted by atomic mass is 10.1. The molecular weight excluding hydrogens is 447 g/mol. The number of hydrogen-bond donors (Lipinski definition) is 2. The second-order valence-electron chi connectivity index (χ2n) is 8.79. The number of nitrogens with two attached hydrogens (primary N) is 1. The summed E-state index contributed by atoms with van der Waals surface area (Å²) in [5, 5.41) is 7.80. The third-order valence-corrected chi connectivity index (χ3v) is 5.74. The molecule has 0 atom stereocenters. The van der Waals surface area contributed by atoms with Crippen molar-refractivity contribution in [2.75, 3.05) is 19.4 Å². The number of benzene rings is 2. The zero-order valence-electron chi connectivity index (χ0n) is 20.1. The molecule has 4 rings (SSSR count). The maximum Gasteiger partial charge on any atom is 0.274 e. The Kier molecular flexibility index (Phi) is 6.61. The fourth-order valence-electron chi connectivity index (χ4n) is 4.02. The first-order valence-corrected chi connectivity index (χ1v) is 11.1. The van der Waals surface area contributed by atoms with Gasteiger partial charge in [0, 0.05) is 18.0 Å². The normalized spacial score (nSPS) is 11.3. The van der Waals surface area contributed by atoms with Crippen molar-refractivity contribution in [3.8, 4) is 0 Å². The number of primary amides is 1. The monoisotopic (exact) mass is 474 g/mol. The van der Waals surface area contributed by atoms with Gasteiger partial charge >= 0.3 is 0 Å². The predicted molar refractivity (Wildman–Crippen MR) is 133 cm³/mol. The standard InChI is InChI=1S/C26H27FN6O2/c1-15-24(16(2)33(31-15)14-18-7-5-17(6-8-18)13-32(3)4)30-26(35)23-12-21(25(28)34)20-10-9-19(27)11-22(20)29-23/h5-12H,13-14H2,1-4H3,(H2,28,34)(H,30,35). The minimum atomic E-state index is -0.727. The Morgan fingerprint density at radius 3 is 2.40 bits per heavy atom. The molecule has 0 aliphatic rings. The van der Waals surface area contributed by atoms with E-state index in [1.54, 1.807) is 6.92 Å². The number of fused-ring (bicyclic) bond motifs is 1. The van der Waals surface area contributed by atoms with E-state index in [1.165, 1.54) is 23.8 Å². The van der Waals surface area contributed by atoms with Crippen LogP contribution in [0.5, 0.6) is 0 Å². The third-order valence-electron chi connectivity index (χ3n) is 5.74. The number of halogens is 1. The van der Waals surface area contributed by atoms with Crippen LogP contribution >= 0.6 is 0 Å². The second-order valence-corrected chi connectivity index (χ2v) is 8.79. The SMILES string of the molecule is Cc1nn(Cc2ccc(CN(C)C)cc2)c(C)c1NC(=O)c1cc(C(N)=O)c2ccc(F)cc2n1. The highest BCUT2D eigenvalue weighted by Gasteiger charge is 2.19. The summed E-state index contributed by atoms with van der Waals surface area (Å²) < 4.78 is 15.6. The van der Waals surface area contributed by atoms with Crippen LogP contribution in [0.1, 0.15) is 43.4 Å². The van der Waals surface area contributed by atoms with E-state index in [0.717, 1.165) is 23.9 Å². The Morgan fingerprint density at radius 1 is 1.06 bits per heavy atom. The Labute approximate surface area is 202 Å². The molecule has 0 fully saturated rings. The van der Waals surface area contributed by atoms with Gasteiger partial charge in [-0.15, -0.1) is 0 Å². The quantitative estimate of drug-likeness (QED) is 0.425. The van der Waals surface area contributed by atoms with Crippen molar-refractivity contribution in [2.45, 2.75) is 26.9 Å². The van der Waals surface area contributed by atoms with E-state index in [9.17, 15) is 14.0 Å². The lowest BCUT2D eigenvalue weighted by molar-refractivity contribution is 0.100. The Balaban J connectivity index is 1.59. The van der Waals surface area contributed by atoms with Crippen LogP contribution in [0.3, 0.4) is 0 Å². The van der Waals surface area contributed by atoms with Gasteiger partial charge in [-0.25, -0.2) is 9.37 Å². The highest BCUT2D eigenvalue weighted by Crippen LogP contribution is 2.23. The van der Waals surface area contributed by atoms with Crippen LogP contribution in [0, 0.1) is 19.7 Å². The molecule has 0 unspecified atom stereocenters. The molecule has 2 aromatic heterocycles. The summed E-state index contributed by atoms with van der Waals surface area (Å²) in [5.74, 6) is -1.80. The number of hydrogen-bond acceptors (Lipinski definition) is 5. The van der Waals surface area contributed by atoms with E-state index in [4.69, 9.17) is 5.73 Å². The number of rotatable bonds is 7. The van der Waals surface area contributed by atoms with Gasteiger partial charge in [-0.1, -0.05) is 24.3 Å². The largest absolute Gasteiger partial charge is 0.366 e. The number of aromatic nitrogens is 3. The molecule has 0 radical (unpaired) electrons. The molecule has 0 saturated heterocycles. The van der Waals surface area contributed by atoms with E-state index < -0.39 is 17.6 Å². The zero-order valence-corrected chi connectivity index (χ0v) is 20.1. The summed E-state index contributed by atoms with van der Waals surface area (Å²) in [4.78, 5) is 31.4. The van der Waals surface area contributed by atoms with Crippen molar-refractivity contribution in [3.05, 3.63) is 88.1 Å². The van der Waals surface area contributed by atoms with Crippen molar-refractivity contribution in [1.82, 2.24) is 19.7 Å². The van der Waals surface area contributed by atoms with Crippen LogP contribution in [0.15, 0.2) is 48.5 Å². The minimum absolute atomic E-state index is 0.0417. The van der Waals surface area contributed by atoms with Gasteiger partial charge in [0.25, 0.3) is 5.91 Å². The average molecular weight is 475 g/mol. The molecule has 0 spiro atoms. The molecule has 2 aromatic carbocycles. The van der Waals surface area contributed by atoms with E-state index in [2.05, 4.69) is 44.6 Å². The Hall–Kier alpha value is -4.11.